The van der Waals surface area contributed by atoms with Crippen LogP contribution in [-0.2, 0) is 4.79 Å². The number of aryl methyl sites for hydroxylation is 2. The number of hydrogen-bond donors (Lipinski definition) is 1. The molecule has 122 valence electrons. The second-order valence-electron chi connectivity index (χ2n) is 5.24. The van der Waals surface area contributed by atoms with Crippen molar-refractivity contribution in [3.05, 3.63) is 56.5 Å². The highest BCUT2D eigenvalue weighted by molar-refractivity contribution is 6.36. The SMILES string of the molecule is Cc1cc(O[C@H](C)C(=O)Nc2ccc(Cl)cc2Cl)cc(C)c1Cl. The third-order valence-corrected chi connectivity index (χ3v) is 4.43. The third kappa shape index (κ3) is 4.54. The molecule has 1 N–H and O–H groups in total. The van der Waals surface area contributed by atoms with Crippen LogP contribution in [0.15, 0.2) is 30.3 Å². The molecule has 2 aromatic carbocycles. The topological polar surface area (TPSA) is 38.3 Å². The molecule has 23 heavy (non-hydrogen) atoms. The average molecular weight is 373 g/mol. The summed E-state index contributed by atoms with van der Waals surface area (Å²) in [6, 6.07) is 8.46. The molecule has 0 heterocycles. The van der Waals surface area contributed by atoms with Crippen molar-refractivity contribution in [2.24, 2.45) is 0 Å². The first-order chi connectivity index (χ1) is 10.8. The van der Waals surface area contributed by atoms with Gasteiger partial charge < -0.3 is 10.1 Å². The van der Waals surface area contributed by atoms with Crippen molar-refractivity contribution < 1.29 is 9.53 Å². The summed E-state index contributed by atoms with van der Waals surface area (Å²) in [7, 11) is 0. The summed E-state index contributed by atoms with van der Waals surface area (Å²) < 4.78 is 5.69. The van der Waals surface area contributed by atoms with E-state index in [-0.39, 0.29) is 5.91 Å². The van der Waals surface area contributed by atoms with Crippen molar-refractivity contribution in [2.45, 2.75) is 26.9 Å². The molecule has 0 bridgehead atoms. The lowest BCUT2D eigenvalue weighted by molar-refractivity contribution is -0.122. The fourth-order valence-electron chi connectivity index (χ4n) is 2.06. The van der Waals surface area contributed by atoms with Crippen LogP contribution in [0.5, 0.6) is 5.75 Å². The minimum Gasteiger partial charge on any atom is -0.481 e. The van der Waals surface area contributed by atoms with E-state index < -0.39 is 6.10 Å². The monoisotopic (exact) mass is 371 g/mol. The van der Waals surface area contributed by atoms with Crippen molar-refractivity contribution in [2.75, 3.05) is 5.32 Å². The highest BCUT2D eigenvalue weighted by atomic mass is 35.5. The highest BCUT2D eigenvalue weighted by Gasteiger charge is 2.17. The van der Waals surface area contributed by atoms with Gasteiger partial charge >= 0.3 is 0 Å². The molecule has 0 saturated heterocycles. The Balaban J connectivity index is 2.08. The van der Waals surface area contributed by atoms with Gasteiger partial charge in [-0.1, -0.05) is 34.8 Å². The average Bonchev–Trinajstić information content (AvgIpc) is 2.47. The molecule has 0 saturated carbocycles. The summed E-state index contributed by atoms with van der Waals surface area (Å²) in [5.41, 5.74) is 2.28. The van der Waals surface area contributed by atoms with Crippen LogP contribution in [0.1, 0.15) is 18.1 Å². The van der Waals surface area contributed by atoms with Crippen molar-refractivity contribution in [1.82, 2.24) is 0 Å². The van der Waals surface area contributed by atoms with Gasteiger partial charge in [-0.25, -0.2) is 0 Å². The van der Waals surface area contributed by atoms with Gasteiger partial charge in [-0.2, -0.15) is 0 Å². The largest absolute Gasteiger partial charge is 0.481 e. The Morgan fingerprint density at radius 1 is 1.09 bits per heavy atom. The maximum Gasteiger partial charge on any atom is 0.265 e. The highest BCUT2D eigenvalue weighted by Crippen LogP contribution is 2.28. The molecule has 0 radical (unpaired) electrons. The molecule has 0 aliphatic rings. The Morgan fingerprint density at radius 2 is 1.70 bits per heavy atom. The molecule has 6 heteroatoms. The molecule has 0 spiro atoms. The summed E-state index contributed by atoms with van der Waals surface area (Å²) >= 11 is 18.0. The van der Waals surface area contributed by atoms with Gasteiger partial charge in [-0.15, -0.1) is 0 Å². The van der Waals surface area contributed by atoms with Gasteiger partial charge in [0.1, 0.15) is 5.75 Å². The van der Waals surface area contributed by atoms with E-state index in [9.17, 15) is 4.79 Å². The van der Waals surface area contributed by atoms with Gasteiger partial charge in [0.25, 0.3) is 5.91 Å². The number of ether oxygens (including phenoxy) is 1. The van der Waals surface area contributed by atoms with Crippen LogP contribution in [0.2, 0.25) is 15.1 Å². The zero-order valence-electron chi connectivity index (χ0n) is 12.9. The number of anilines is 1. The van der Waals surface area contributed by atoms with Crippen LogP contribution in [0.3, 0.4) is 0 Å². The second-order valence-corrected chi connectivity index (χ2v) is 6.47. The quantitative estimate of drug-likeness (QED) is 0.751. The Bertz CT molecular complexity index is 724. The van der Waals surface area contributed by atoms with E-state index in [0.717, 1.165) is 11.1 Å². The summed E-state index contributed by atoms with van der Waals surface area (Å²) in [4.78, 5) is 12.2. The molecule has 0 aliphatic heterocycles. The van der Waals surface area contributed by atoms with Crippen LogP contribution < -0.4 is 10.1 Å². The van der Waals surface area contributed by atoms with Crippen molar-refractivity contribution in [3.8, 4) is 5.75 Å². The van der Waals surface area contributed by atoms with Crippen LogP contribution in [0.4, 0.5) is 5.69 Å². The Hall–Kier alpha value is -1.42. The number of benzene rings is 2. The summed E-state index contributed by atoms with van der Waals surface area (Å²) in [5.74, 6) is 0.286. The van der Waals surface area contributed by atoms with Crippen LogP contribution in [0, 0.1) is 13.8 Å². The van der Waals surface area contributed by atoms with Gasteiger partial charge in [0.05, 0.1) is 10.7 Å². The molecule has 2 rings (SSSR count). The molecule has 1 atom stereocenters. The molecular formula is C17H16Cl3NO2. The van der Waals surface area contributed by atoms with E-state index in [2.05, 4.69) is 5.32 Å². The van der Waals surface area contributed by atoms with Gasteiger partial charge in [0, 0.05) is 10.0 Å². The molecule has 3 nitrogen and oxygen atoms in total. The van der Waals surface area contributed by atoms with Gasteiger partial charge in [-0.05, 0) is 62.2 Å². The Morgan fingerprint density at radius 3 is 2.26 bits per heavy atom. The zero-order chi connectivity index (χ0) is 17.1. The van der Waals surface area contributed by atoms with Crippen molar-refractivity contribution in [1.29, 1.82) is 0 Å². The lowest BCUT2D eigenvalue weighted by Crippen LogP contribution is -2.30. The Labute approximate surface area is 150 Å². The Kier molecular flexibility index (Phi) is 5.79. The normalized spacial score (nSPS) is 11.9. The molecule has 0 aliphatic carbocycles. The summed E-state index contributed by atoms with van der Waals surface area (Å²) in [5, 5.41) is 4.29. The minimum absolute atomic E-state index is 0.306. The van der Waals surface area contributed by atoms with Crippen LogP contribution in [0.25, 0.3) is 0 Å². The fourth-order valence-corrected chi connectivity index (χ4v) is 2.62. The number of hydrogen-bond acceptors (Lipinski definition) is 2. The predicted molar refractivity (Wildman–Crippen MR) is 96.1 cm³/mol. The lowest BCUT2D eigenvalue weighted by atomic mass is 10.1. The van der Waals surface area contributed by atoms with Gasteiger partial charge in [0.2, 0.25) is 0 Å². The fraction of sp³-hybridized carbons (Fsp3) is 0.235. The van der Waals surface area contributed by atoms with E-state index in [1.165, 1.54) is 0 Å². The van der Waals surface area contributed by atoms with E-state index >= 15 is 0 Å². The van der Waals surface area contributed by atoms with E-state index in [1.54, 1.807) is 37.3 Å². The van der Waals surface area contributed by atoms with Crippen molar-refractivity contribution in [3.63, 3.8) is 0 Å². The summed E-state index contributed by atoms with van der Waals surface area (Å²) in [6.07, 6.45) is -0.693. The van der Waals surface area contributed by atoms with E-state index in [4.69, 9.17) is 39.5 Å². The van der Waals surface area contributed by atoms with E-state index in [1.807, 2.05) is 13.8 Å². The maximum absolute atomic E-state index is 12.2. The number of amides is 1. The molecule has 0 aromatic heterocycles. The molecule has 0 unspecified atom stereocenters. The second kappa shape index (κ2) is 7.43. The van der Waals surface area contributed by atoms with Gasteiger partial charge in [-0.3, -0.25) is 4.79 Å². The number of carbonyl (C=O) groups excluding carboxylic acids is 1. The number of nitrogens with one attached hydrogen (secondary N) is 1. The first-order valence-electron chi connectivity index (χ1n) is 6.97. The minimum atomic E-state index is -0.693. The maximum atomic E-state index is 12.2. The number of carbonyl (C=O) groups is 1. The third-order valence-electron chi connectivity index (χ3n) is 3.28. The van der Waals surface area contributed by atoms with Crippen LogP contribution >= 0.6 is 34.8 Å². The predicted octanol–water partition coefficient (Wildman–Crippen LogP) is 5.67. The lowest BCUT2D eigenvalue weighted by Gasteiger charge is -2.16. The molecular weight excluding hydrogens is 357 g/mol. The summed E-state index contributed by atoms with van der Waals surface area (Å²) in [6.45, 7) is 5.44. The molecule has 0 fully saturated rings. The van der Waals surface area contributed by atoms with Crippen LogP contribution in [-0.4, -0.2) is 12.0 Å². The van der Waals surface area contributed by atoms with Crippen molar-refractivity contribution >= 4 is 46.4 Å². The standard InChI is InChI=1S/C17H16Cl3NO2/c1-9-6-13(7-10(2)16(9)20)23-11(3)17(22)21-15-5-4-12(18)8-14(15)19/h4-8,11H,1-3H3,(H,21,22)/t11-/m1/s1. The van der Waals surface area contributed by atoms with E-state index in [0.29, 0.717) is 26.5 Å². The first-order valence-corrected chi connectivity index (χ1v) is 8.10. The van der Waals surface area contributed by atoms with Gasteiger partial charge in [0.15, 0.2) is 6.10 Å². The molecule has 2 aromatic rings. The number of halogens is 3. The zero-order valence-corrected chi connectivity index (χ0v) is 15.2. The first kappa shape index (κ1) is 17.9. The smallest absolute Gasteiger partial charge is 0.265 e. The molecule has 1 amide bonds. The number of rotatable bonds is 4.